The van der Waals surface area contributed by atoms with Crippen LogP contribution in [-0.2, 0) is 9.63 Å². The van der Waals surface area contributed by atoms with Gasteiger partial charge in [-0.05, 0) is 36.9 Å². The highest BCUT2D eigenvalue weighted by Gasteiger charge is 2.30. The van der Waals surface area contributed by atoms with E-state index in [9.17, 15) is 13.6 Å². The fraction of sp³-hybridized carbons (Fsp3) is 0.321. The van der Waals surface area contributed by atoms with Gasteiger partial charge in [0.05, 0.1) is 36.8 Å². The van der Waals surface area contributed by atoms with Gasteiger partial charge in [0.15, 0.2) is 5.82 Å². The lowest BCUT2D eigenvalue weighted by Gasteiger charge is -2.35. The van der Waals surface area contributed by atoms with E-state index in [1.807, 2.05) is 6.07 Å². The lowest BCUT2D eigenvalue weighted by Crippen LogP contribution is -2.44. The molecule has 3 aromatic rings. The molecular weight excluding hydrogens is 520 g/mol. The summed E-state index contributed by atoms with van der Waals surface area (Å²) in [5.41, 5.74) is 2.45. The van der Waals surface area contributed by atoms with Crippen molar-refractivity contribution in [3.8, 4) is 5.75 Å². The van der Waals surface area contributed by atoms with Gasteiger partial charge in [-0.1, -0.05) is 6.58 Å². The van der Waals surface area contributed by atoms with Crippen molar-refractivity contribution in [2.45, 2.75) is 12.5 Å². The summed E-state index contributed by atoms with van der Waals surface area (Å²) >= 11 is 0. The summed E-state index contributed by atoms with van der Waals surface area (Å²) in [5, 5.41) is 7.68. The number of rotatable bonds is 8. The van der Waals surface area contributed by atoms with Crippen LogP contribution in [0.1, 0.15) is 18.0 Å². The smallest absolute Gasteiger partial charge is 0.247 e. The number of nitrogens with one attached hydrogen (secondary N) is 2. The Labute approximate surface area is 231 Å². The number of hydrogen-bond acceptors (Lipinski definition) is 9. The normalized spacial score (nSPS) is 17.6. The molecule has 0 bridgehead atoms. The van der Waals surface area contributed by atoms with Crippen molar-refractivity contribution in [2.24, 2.45) is 0 Å². The molecule has 2 saturated heterocycles. The van der Waals surface area contributed by atoms with Crippen LogP contribution >= 0.6 is 0 Å². The first kappa shape index (κ1) is 27.3. The number of nitrogens with zero attached hydrogens (tertiary/aromatic N) is 5. The molecule has 1 atom stereocenters. The van der Waals surface area contributed by atoms with Crippen LogP contribution < -0.4 is 25.3 Å². The average Bonchev–Trinajstić information content (AvgIpc) is 3.44. The quantitative estimate of drug-likeness (QED) is 0.398. The van der Waals surface area contributed by atoms with Gasteiger partial charge in [0.25, 0.3) is 0 Å². The molecule has 2 aliphatic heterocycles. The van der Waals surface area contributed by atoms with Gasteiger partial charge >= 0.3 is 0 Å². The molecule has 0 saturated carbocycles. The zero-order chi connectivity index (χ0) is 28.2. The first-order valence-corrected chi connectivity index (χ1v) is 12.9. The third-order valence-corrected chi connectivity index (χ3v) is 6.92. The minimum Gasteiger partial charge on any atom is -0.494 e. The van der Waals surface area contributed by atoms with Crippen molar-refractivity contribution in [1.82, 2.24) is 14.9 Å². The number of benzene rings is 2. The fourth-order valence-electron chi connectivity index (χ4n) is 4.87. The standard InChI is InChI=1S/C28H31F2N7O3/c1-4-28(38)34-21-14-22(25(39-3)15-24(21)36-8-6-35(2)7-9-36)33-26-16-27(32-17-31-26)37-23(5-10-40-37)18-11-19(29)13-20(30)12-18/h4,11-17,23H,1,5-10H2,2-3H3,(H,34,38)(H,31,32,33). The van der Waals surface area contributed by atoms with Gasteiger partial charge in [-0.25, -0.2) is 23.8 Å². The molecule has 1 unspecified atom stereocenters. The van der Waals surface area contributed by atoms with Crippen molar-refractivity contribution in [1.29, 1.82) is 0 Å². The number of carbonyl (C=O) groups is 1. The molecule has 0 spiro atoms. The van der Waals surface area contributed by atoms with Gasteiger partial charge < -0.3 is 25.2 Å². The number of likely N-dealkylation sites (N-methyl/N-ethyl adjacent to an activating group) is 1. The van der Waals surface area contributed by atoms with Gasteiger partial charge in [-0.15, -0.1) is 0 Å². The van der Waals surface area contributed by atoms with E-state index >= 15 is 0 Å². The third-order valence-electron chi connectivity index (χ3n) is 6.92. The van der Waals surface area contributed by atoms with Crippen LogP contribution in [0.25, 0.3) is 0 Å². The number of piperazine rings is 1. The SMILES string of the molecule is C=CC(=O)Nc1cc(Nc2cc(N3OCCC3c3cc(F)cc(F)c3)ncn2)c(OC)cc1N1CCN(C)CC1. The Kier molecular flexibility index (Phi) is 8.08. The topological polar surface area (TPSA) is 95.1 Å². The second-order valence-electron chi connectivity index (χ2n) is 9.61. The van der Waals surface area contributed by atoms with Gasteiger partial charge in [0, 0.05) is 50.8 Å². The summed E-state index contributed by atoms with van der Waals surface area (Å²) in [7, 11) is 3.65. The zero-order valence-electron chi connectivity index (χ0n) is 22.4. The number of aromatic nitrogens is 2. The number of ether oxygens (including phenoxy) is 1. The Morgan fingerprint density at radius 2 is 1.82 bits per heavy atom. The fourth-order valence-corrected chi connectivity index (χ4v) is 4.87. The van der Waals surface area contributed by atoms with Gasteiger partial charge in [-0.3, -0.25) is 9.63 Å². The predicted octanol–water partition coefficient (Wildman–Crippen LogP) is 4.27. The Morgan fingerprint density at radius 3 is 2.52 bits per heavy atom. The zero-order valence-corrected chi connectivity index (χ0v) is 22.4. The lowest BCUT2D eigenvalue weighted by atomic mass is 10.0. The molecule has 0 aliphatic carbocycles. The highest BCUT2D eigenvalue weighted by Crippen LogP contribution is 2.40. The predicted molar refractivity (Wildman–Crippen MR) is 149 cm³/mol. The molecule has 2 fully saturated rings. The average molecular weight is 552 g/mol. The Balaban J connectivity index is 1.44. The number of halogens is 2. The van der Waals surface area contributed by atoms with Crippen LogP contribution in [0.15, 0.2) is 55.4 Å². The van der Waals surface area contributed by atoms with E-state index in [0.29, 0.717) is 47.4 Å². The van der Waals surface area contributed by atoms with Crippen LogP contribution in [0.3, 0.4) is 0 Å². The van der Waals surface area contributed by atoms with E-state index < -0.39 is 17.7 Å². The number of carbonyl (C=O) groups excluding carboxylic acids is 1. The second kappa shape index (κ2) is 11.8. The molecule has 2 aliphatic rings. The Morgan fingerprint density at radius 1 is 1.07 bits per heavy atom. The molecule has 10 nitrogen and oxygen atoms in total. The summed E-state index contributed by atoms with van der Waals surface area (Å²) < 4.78 is 33.5. The number of amides is 1. The Hall–Kier alpha value is -4.29. The maximum absolute atomic E-state index is 13.9. The highest BCUT2D eigenvalue weighted by molar-refractivity contribution is 6.02. The summed E-state index contributed by atoms with van der Waals surface area (Å²) in [6, 6.07) is 8.34. The third kappa shape index (κ3) is 5.97. The van der Waals surface area contributed by atoms with Crippen LogP contribution in [0.2, 0.25) is 0 Å². The molecule has 12 heteroatoms. The van der Waals surface area contributed by atoms with E-state index in [1.165, 1.54) is 29.6 Å². The van der Waals surface area contributed by atoms with Crippen molar-refractivity contribution >= 4 is 34.6 Å². The molecule has 5 rings (SSSR count). The van der Waals surface area contributed by atoms with E-state index in [-0.39, 0.29) is 5.91 Å². The molecule has 40 heavy (non-hydrogen) atoms. The van der Waals surface area contributed by atoms with Crippen LogP contribution in [0.4, 0.5) is 37.5 Å². The highest BCUT2D eigenvalue weighted by atomic mass is 19.1. The lowest BCUT2D eigenvalue weighted by molar-refractivity contribution is -0.111. The minimum absolute atomic E-state index is 0.332. The van der Waals surface area contributed by atoms with Gasteiger partial charge in [0.1, 0.15) is 29.5 Å². The Bertz CT molecular complexity index is 1380. The van der Waals surface area contributed by atoms with E-state index in [4.69, 9.17) is 9.57 Å². The number of hydrogen-bond donors (Lipinski definition) is 2. The van der Waals surface area contributed by atoms with Crippen LogP contribution in [0, 0.1) is 11.6 Å². The molecule has 3 heterocycles. The van der Waals surface area contributed by atoms with Crippen molar-refractivity contribution in [3.05, 3.63) is 72.6 Å². The first-order chi connectivity index (χ1) is 19.3. The summed E-state index contributed by atoms with van der Waals surface area (Å²) in [6.07, 6.45) is 3.12. The molecule has 1 aromatic heterocycles. The summed E-state index contributed by atoms with van der Waals surface area (Å²) in [6.45, 7) is 7.31. The molecule has 2 aromatic carbocycles. The largest absolute Gasteiger partial charge is 0.494 e. The molecular formula is C28H31F2N7O3. The summed E-state index contributed by atoms with van der Waals surface area (Å²) in [4.78, 5) is 31.2. The van der Waals surface area contributed by atoms with Gasteiger partial charge in [0.2, 0.25) is 5.91 Å². The molecule has 2 N–H and O–H groups in total. The number of anilines is 5. The minimum atomic E-state index is -0.654. The van der Waals surface area contributed by atoms with Crippen molar-refractivity contribution < 1.29 is 23.1 Å². The van der Waals surface area contributed by atoms with Crippen molar-refractivity contribution in [3.63, 3.8) is 0 Å². The first-order valence-electron chi connectivity index (χ1n) is 12.9. The monoisotopic (exact) mass is 551 g/mol. The molecule has 1 amide bonds. The summed E-state index contributed by atoms with van der Waals surface area (Å²) in [5.74, 6) is -0.246. The number of hydroxylamine groups is 1. The second-order valence-corrected chi connectivity index (χ2v) is 9.61. The maximum atomic E-state index is 13.9. The number of methoxy groups -OCH3 is 1. The van der Waals surface area contributed by atoms with Crippen molar-refractivity contribution in [2.75, 3.05) is 67.5 Å². The van der Waals surface area contributed by atoms with Crippen LogP contribution in [0.5, 0.6) is 5.75 Å². The molecule has 210 valence electrons. The van der Waals surface area contributed by atoms with E-state index in [2.05, 4.69) is 44.0 Å². The van der Waals surface area contributed by atoms with Crippen LogP contribution in [-0.4, -0.2) is 67.7 Å². The maximum Gasteiger partial charge on any atom is 0.247 e. The molecule has 0 radical (unpaired) electrons. The van der Waals surface area contributed by atoms with E-state index in [1.54, 1.807) is 19.2 Å². The van der Waals surface area contributed by atoms with Gasteiger partial charge in [-0.2, -0.15) is 0 Å². The van der Waals surface area contributed by atoms with E-state index in [0.717, 1.165) is 37.9 Å².